The normalized spacial score (nSPS) is 10.4. The standard InChI is InChI=1S/C9H7NO3S/c1-13-7-5-4-10-3-2-6(5)14-8(7)9(11)12/h2-4H,1H3,(H,11,12). The number of fused-ring (bicyclic) bond motifs is 1. The topological polar surface area (TPSA) is 59.4 Å². The number of pyridine rings is 1. The van der Waals surface area contributed by atoms with E-state index >= 15 is 0 Å². The maximum atomic E-state index is 10.9. The zero-order valence-corrected chi connectivity index (χ0v) is 8.17. The zero-order valence-electron chi connectivity index (χ0n) is 7.35. The molecule has 0 saturated heterocycles. The summed E-state index contributed by atoms with van der Waals surface area (Å²) in [6, 6.07) is 1.77. The van der Waals surface area contributed by atoms with E-state index in [1.807, 2.05) is 0 Å². The van der Waals surface area contributed by atoms with Gasteiger partial charge in [-0.15, -0.1) is 11.3 Å². The molecule has 0 atom stereocenters. The van der Waals surface area contributed by atoms with Crippen molar-refractivity contribution in [3.63, 3.8) is 0 Å². The summed E-state index contributed by atoms with van der Waals surface area (Å²) in [7, 11) is 1.46. The fraction of sp³-hybridized carbons (Fsp3) is 0.111. The van der Waals surface area contributed by atoms with Crippen molar-refractivity contribution in [2.45, 2.75) is 0 Å². The molecule has 2 heterocycles. The van der Waals surface area contributed by atoms with Crippen LogP contribution >= 0.6 is 11.3 Å². The van der Waals surface area contributed by atoms with Gasteiger partial charge in [0.25, 0.3) is 0 Å². The molecule has 0 aliphatic heterocycles. The summed E-state index contributed by atoms with van der Waals surface area (Å²) >= 11 is 1.19. The molecule has 0 saturated carbocycles. The molecule has 0 radical (unpaired) electrons. The lowest BCUT2D eigenvalue weighted by Gasteiger charge is -1.97. The first-order valence-electron chi connectivity index (χ1n) is 3.88. The maximum absolute atomic E-state index is 10.9. The summed E-state index contributed by atoms with van der Waals surface area (Å²) < 4.78 is 5.92. The van der Waals surface area contributed by atoms with E-state index in [9.17, 15) is 4.79 Å². The van der Waals surface area contributed by atoms with E-state index in [0.717, 1.165) is 10.1 Å². The number of carbonyl (C=O) groups is 1. The second-order valence-electron chi connectivity index (χ2n) is 2.64. The van der Waals surface area contributed by atoms with Gasteiger partial charge in [-0.05, 0) is 6.07 Å². The first-order chi connectivity index (χ1) is 6.74. The van der Waals surface area contributed by atoms with E-state index in [0.29, 0.717) is 5.75 Å². The first-order valence-corrected chi connectivity index (χ1v) is 4.69. The van der Waals surface area contributed by atoms with Crippen molar-refractivity contribution < 1.29 is 14.6 Å². The molecule has 0 aliphatic carbocycles. The highest BCUT2D eigenvalue weighted by Gasteiger charge is 2.17. The quantitative estimate of drug-likeness (QED) is 0.821. The van der Waals surface area contributed by atoms with Crippen LogP contribution in [-0.4, -0.2) is 23.2 Å². The van der Waals surface area contributed by atoms with Crippen LogP contribution in [0.15, 0.2) is 18.5 Å². The van der Waals surface area contributed by atoms with E-state index < -0.39 is 5.97 Å². The Balaban J connectivity index is 2.78. The van der Waals surface area contributed by atoms with E-state index in [1.165, 1.54) is 18.4 Å². The summed E-state index contributed by atoms with van der Waals surface area (Å²) in [5.74, 6) is -0.575. The van der Waals surface area contributed by atoms with Gasteiger partial charge in [-0.2, -0.15) is 0 Å². The lowest BCUT2D eigenvalue weighted by atomic mass is 10.3. The van der Waals surface area contributed by atoms with Crippen molar-refractivity contribution in [2.75, 3.05) is 7.11 Å². The number of carboxylic acid groups (broad SMARTS) is 1. The highest BCUT2D eigenvalue weighted by molar-refractivity contribution is 7.21. The predicted molar refractivity (Wildman–Crippen MR) is 53.1 cm³/mol. The van der Waals surface area contributed by atoms with Crippen LogP contribution in [0.25, 0.3) is 10.1 Å². The van der Waals surface area contributed by atoms with Crippen LogP contribution in [0.1, 0.15) is 9.67 Å². The average Bonchev–Trinajstić information content (AvgIpc) is 2.56. The van der Waals surface area contributed by atoms with Crippen LogP contribution in [0.4, 0.5) is 0 Å². The minimum atomic E-state index is -0.969. The third kappa shape index (κ3) is 1.22. The minimum absolute atomic E-state index is 0.218. The first kappa shape index (κ1) is 8.96. The zero-order chi connectivity index (χ0) is 10.1. The Morgan fingerprint density at radius 1 is 1.64 bits per heavy atom. The molecule has 72 valence electrons. The Morgan fingerprint density at radius 3 is 3.07 bits per heavy atom. The summed E-state index contributed by atoms with van der Waals surface area (Å²) in [6.07, 6.45) is 3.24. The molecule has 1 N–H and O–H groups in total. The van der Waals surface area contributed by atoms with Crippen molar-refractivity contribution in [2.24, 2.45) is 0 Å². The van der Waals surface area contributed by atoms with Gasteiger partial charge in [0.05, 0.1) is 12.5 Å². The molecule has 2 rings (SSSR count). The number of hydrogen-bond acceptors (Lipinski definition) is 4. The molecule has 0 aliphatic rings. The molecule has 5 heteroatoms. The lowest BCUT2D eigenvalue weighted by Crippen LogP contribution is -1.95. The van der Waals surface area contributed by atoms with Crippen molar-refractivity contribution in [3.05, 3.63) is 23.3 Å². The summed E-state index contributed by atoms with van der Waals surface area (Å²) in [5, 5.41) is 9.66. The van der Waals surface area contributed by atoms with Crippen LogP contribution in [-0.2, 0) is 0 Å². The Labute approximate surface area is 83.8 Å². The SMILES string of the molecule is COc1c(C(=O)O)sc2ccncc12. The minimum Gasteiger partial charge on any atom is -0.494 e. The van der Waals surface area contributed by atoms with Crippen molar-refractivity contribution in [1.82, 2.24) is 4.98 Å². The summed E-state index contributed by atoms with van der Waals surface area (Å²) in [5.41, 5.74) is 0. The number of carboxylic acids is 1. The number of aromatic nitrogens is 1. The number of ether oxygens (including phenoxy) is 1. The Hall–Kier alpha value is -1.62. The molecule has 0 aromatic carbocycles. The van der Waals surface area contributed by atoms with Gasteiger partial charge in [0.15, 0.2) is 10.6 Å². The van der Waals surface area contributed by atoms with Gasteiger partial charge in [0.1, 0.15) is 0 Å². The molecule has 4 nitrogen and oxygen atoms in total. The summed E-state index contributed by atoms with van der Waals surface area (Å²) in [4.78, 5) is 15.0. The third-order valence-corrected chi connectivity index (χ3v) is 2.98. The van der Waals surface area contributed by atoms with Crippen molar-refractivity contribution >= 4 is 27.4 Å². The largest absolute Gasteiger partial charge is 0.494 e. The highest BCUT2D eigenvalue weighted by Crippen LogP contribution is 2.36. The number of hydrogen-bond donors (Lipinski definition) is 1. The van der Waals surface area contributed by atoms with Crippen LogP contribution < -0.4 is 4.74 Å². The number of rotatable bonds is 2. The van der Waals surface area contributed by atoms with Crippen LogP contribution in [0.5, 0.6) is 5.75 Å². The molecular weight excluding hydrogens is 202 g/mol. The van der Waals surface area contributed by atoms with Gasteiger partial charge in [-0.1, -0.05) is 0 Å². The van der Waals surface area contributed by atoms with Crippen molar-refractivity contribution in [3.8, 4) is 5.75 Å². The van der Waals surface area contributed by atoms with E-state index in [4.69, 9.17) is 9.84 Å². The molecular formula is C9H7NO3S. The fourth-order valence-electron chi connectivity index (χ4n) is 1.26. The Kier molecular flexibility index (Phi) is 2.09. The van der Waals surface area contributed by atoms with E-state index in [-0.39, 0.29) is 4.88 Å². The molecule has 2 aromatic heterocycles. The van der Waals surface area contributed by atoms with Crippen LogP contribution in [0.2, 0.25) is 0 Å². The van der Waals surface area contributed by atoms with E-state index in [2.05, 4.69) is 4.98 Å². The smallest absolute Gasteiger partial charge is 0.349 e. The fourth-order valence-corrected chi connectivity index (χ4v) is 2.24. The summed E-state index contributed by atoms with van der Waals surface area (Å²) in [6.45, 7) is 0. The second-order valence-corrected chi connectivity index (χ2v) is 3.69. The Morgan fingerprint density at radius 2 is 2.43 bits per heavy atom. The van der Waals surface area contributed by atoms with Gasteiger partial charge in [0, 0.05) is 17.1 Å². The molecule has 0 unspecified atom stereocenters. The number of thiophene rings is 1. The number of nitrogens with zero attached hydrogens (tertiary/aromatic N) is 1. The average molecular weight is 209 g/mol. The maximum Gasteiger partial charge on any atom is 0.349 e. The number of methoxy groups -OCH3 is 1. The third-order valence-electron chi connectivity index (χ3n) is 1.84. The van der Waals surface area contributed by atoms with Gasteiger partial charge in [0.2, 0.25) is 0 Å². The van der Waals surface area contributed by atoms with Gasteiger partial charge >= 0.3 is 5.97 Å². The Bertz CT molecular complexity index is 492. The molecule has 0 spiro atoms. The molecule has 2 aromatic rings. The van der Waals surface area contributed by atoms with Gasteiger partial charge in [-0.25, -0.2) is 4.79 Å². The van der Waals surface area contributed by atoms with Crippen molar-refractivity contribution in [1.29, 1.82) is 0 Å². The van der Waals surface area contributed by atoms with Crippen LogP contribution in [0.3, 0.4) is 0 Å². The van der Waals surface area contributed by atoms with E-state index in [1.54, 1.807) is 18.5 Å². The highest BCUT2D eigenvalue weighted by atomic mass is 32.1. The van der Waals surface area contributed by atoms with Gasteiger partial charge < -0.3 is 9.84 Å². The van der Waals surface area contributed by atoms with Gasteiger partial charge in [-0.3, -0.25) is 4.98 Å². The molecule has 14 heavy (non-hydrogen) atoms. The second kappa shape index (κ2) is 3.26. The van der Waals surface area contributed by atoms with Crippen LogP contribution in [0, 0.1) is 0 Å². The lowest BCUT2D eigenvalue weighted by molar-refractivity contribution is 0.0699. The molecule has 0 fully saturated rings. The molecule has 0 amide bonds. The molecule has 0 bridgehead atoms. The predicted octanol–water partition coefficient (Wildman–Crippen LogP) is 2.00. The number of aromatic carboxylic acids is 1. The monoisotopic (exact) mass is 209 g/mol.